The highest BCUT2D eigenvalue weighted by molar-refractivity contribution is 6.22. The molecule has 20 heteroatoms. The van der Waals surface area contributed by atoms with Gasteiger partial charge in [-0.05, 0) is 51.3 Å². The van der Waals surface area contributed by atoms with E-state index in [0.29, 0.717) is 18.5 Å². The summed E-state index contributed by atoms with van der Waals surface area (Å²) >= 11 is 0. The van der Waals surface area contributed by atoms with Crippen molar-refractivity contribution in [2.75, 3.05) is 30.4 Å². The molecular formula is C55H65FN4O15. The quantitative estimate of drug-likeness (QED) is 0.0524. The molecule has 5 heterocycles. The summed E-state index contributed by atoms with van der Waals surface area (Å²) in [6, 6.07) is 2.17. The number of carbonyl (C=O) groups excluding carboxylic acids is 3. The number of ketones is 1. The summed E-state index contributed by atoms with van der Waals surface area (Å²) in [5.41, 5.74) is -1.16. The summed E-state index contributed by atoms with van der Waals surface area (Å²) in [4.78, 5) is 68.1. The van der Waals surface area contributed by atoms with E-state index in [2.05, 4.69) is 10.6 Å². The lowest BCUT2D eigenvalue weighted by molar-refractivity contribution is -0.160. The van der Waals surface area contributed by atoms with Crippen LogP contribution in [-0.4, -0.2) is 115 Å². The van der Waals surface area contributed by atoms with Gasteiger partial charge in [-0.15, -0.1) is 0 Å². The number of halogens is 1. The first-order valence-electron chi connectivity index (χ1n) is 25.1. The van der Waals surface area contributed by atoms with Gasteiger partial charge in [-0.3, -0.25) is 19.2 Å². The minimum absolute atomic E-state index is 0.000796. The molecule has 0 spiro atoms. The molecule has 4 aliphatic heterocycles. The molecule has 9 rings (SSSR count). The Labute approximate surface area is 431 Å². The fourth-order valence-corrected chi connectivity index (χ4v) is 10.8. The van der Waals surface area contributed by atoms with Gasteiger partial charge in [0.25, 0.3) is 11.7 Å². The number of fused-ring (bicyclic) bond motifs is 15. The van der Waals surface area contributed by atoms with Crippen molar-refractivity contribution in [2.45, 2.75) is 123 Å². The van der Waals surface area contributed by atoms with Crippen LogP contribution < -0.4 is 25.7 Å². The van der Waals surface area contributed by atoms with Gasteiger partial charge < -0.3 is 69.7 Å². The number of phenolic OH excluding ortho intramolecular Hbond substituents is 3. The van der Waals surface area contributed by atoms with E-state index in [-0.39, 0.29) is 74.7 Å². The highest BCUT2D eigenvalue weighted by Gasteiger charge is 2.50. The van der Waals surface area contributed by atoms with Crippen LogP contribution in [-0.2, 0) is 30.3 Å². The van der Waals surface area contributed by atoms with E-state index in [1.54, 1.807) is 55.4 Å². The van der Waals surface area contributed by atoms with Crippen molar-refractivity contribution in [1.82, 2.24) is 9.88 Å². The molecule has 4 aromatic rings. The van der Waals surface area contributed by atoms with E-state index >= 15 is 4.39 Å². The Morgan fingerprint density at radius 1 is 0.947 bits per heavy atom. The Kier molecular flexibility index (Phi) is 15.2. The van der Waals surface area contributed by atoms with Crippen molar-refractivity contribution in [3.63, 3.8) is 0 Å². The molecule has 1 saturated heterocycles. The summed E-state index contributed by atoms with van der Waals surface area (Å²) in [5, 5.41) is 74.6. The number of carboxylic acids is 1. The number of aliphatic hydroxyl groups excluding tert-OH is 2. The molecule has 1 amide bonds. The number of nitrogens with one attached hydrogen (secondary N) is 2. The predicted octanol–water partition coefficient (Wildman–Crippen LogP) is 6.61. The van der Waals surface area contributed by atoms with Gasteiger partial charge in [-0.1, -0.05) is 45.9 Å². The SMILES string of the molecule is CO[C@H]1/C=C/O[C@@]2(C)Oc3c(C)c(O)c4c(O)c(c(CN[C@H]5CCN(c6cc7c(cc6F)c(=O)c(C(=O)O)cn7C6CC6)C5)c(O)c4c3C2=O)NC(=O)/C(C)=C\C=C\[C@@H](C)[C@H](O)[C@@H](C)[C@H](O)[C@@H](C)[C@H](OC(C)=O)[C@@H]1C. The van der Waals surface area contributed by atoms with Crippen LogP contribution in [0.1, 0.15) is 106 Å². The smallest absolute Gasteiger partial charge is 0.341 e. The zero-order valence-corrected chi connectivity index (χ0v) is 43.3. The number of methoxy groups -OCH3 is 1. The van der Waals surface area contributed by atoms with Gasteiger partial charge in [0, 0.05) is 110 Å². The van der Waals surface area contributed by atoms with E-state index in [1.807, 2.05) is 0 Å². The second-order valence-electron chi connectivity index (χ2n) is 20.6. The van der Waals surface area contributed by atoms with Crippen molar-refractivity contribution in [1.29, 1.82) is 0 Å². The van der Waals surface area contributed by atoms with E-state index in [4.69, 9.17) is 18.9 Å². The lowest BCUT2D eigenvalue weighted by Crippen LogP contribution is -2.46. The molecule has 1 aliphatic carbocycles. The predicted molar refractivity (Wildman–Crippen MR) is 275 cm³/mol. The molecule has 5 aliphatic rings. The van der Waals surface area contributed by atoms with Gasteiger partial charge in [0.1, 0.15) is 34.7 Å². The molecule has 5 bridgehead atoms. The van der Waals surface area contributed by atoms with Crippen LogP contribution in [0, 0.1) is 36.4 Å². The van der Waals surface area contributed by atoms with E-state index in [0.717, 1.165) is 18.9 Å². The number of carboxylic acid groups (broad SMARTS) is 1. The van der Waals surface area contributed by atoms with Crippen molar-refractivity contribution in [2.24, 2.45) is 23.7 Å². The number of aromatic carboxylic acids is 1. The van der Waals surface area contributed by atoms with Crippen LogP contribution >= 0.6 is 0 Å². The molecule has 8 N–H and O–H groups in total. The zero-order chi connectivity index (χ0) is 54.7. The van der Waals surface area contributed by atoms with Crippen molar-refractivity contribution >= 4 is 56.7 Å². The maximum absolute atomic E-state index is 16.0. The number of allylic oxidation sites excluding steroid dienone is 2. The minimum atomic E-state index is -2.12. The number of pyridine rings is 1. The standard InChI is InChI=1S/C55H65FN4O15/c1-24-11-10-12-25(2)53(69)58-43-34(21-57-31-15-17-59(22-31)38-20-37-33(19-36(38)56)47(65)35(54(70)71)23-60(37)32-13-14-32)48(66)40-41(49(43)67)46(64)29(6)51-42(40)52(68)55(8,75-51)73-18-16-39(72-9)26(3)50(74-30(7)61)28(5)45(63)27(4)44(24)62/h10-12,16,18-20,23-24,26-28,31-32,39,44-45,50,57,62-64,66-67H,13-15,17,21-22H2,1-9H3,(H,58,69)(H,70,71)/b11-10+,18-16+,25-12-/t24-,26-,27-,28-,31+,39+,44+,45+,50-,55+/m1/s1. The summed E-state index contributed by atoms with van der Waals surface area (Å²) in [7, 11) is 1.41. The lowest BCUT2D eigenvalue weighted by Gasteiger charge is -2.38. The number of amides is 1. The molecule has 10 atom stereocenters. The number of hydrogen-bond acceptors (Lipinski definition) is 16. The fraction of sp³-hybridized carbons (Fsp3) is 0.473. The Morgan fingerprint density at radius 2 is 1.65 bits per heavy atom. The highest BCUT2D eigenvalue weighted by Crippen LogP contribution is 2.55. The van der Waals surface area contributed by atoms with Crippen LogP contribution in [0.4, 0.5) is 15.8 Å². The molecule has 1 saturated carbocycles. The monoisotopic (exact) mass is 1040 g/mol. The number of aromatic hydroxyl groups is 3. The van der Waals surface area contributed by atoms with Crippen LogP contribution in [0.25, 0.3) is 21.7 Å². The molecule has 75 heavy (non-hydrogen) atoms. The molecule has 3 aromatic carbocycles. The summed E-state index contributed by atoms with van der Waals surface area (Å²) < 4.78 is 41.5. The summed E-state index contributed by atoms with van der Waals surface area (Å²) in [5.74, 6) is -11.1. The minimum Gasteiger partial charge on any atom is -0.507 e. The summed E-state index contributed by atoms with van der Waals surface area (Å²) in [6.07, 6.45) is 6.50. The Morgan fingerprint density at radius 3 is 2.31 bits per heavy atom. The first-order valence-corrected chi connectivity index (χ1v) is 25.1. The van der Waals surface area contributed by atoms with Crippen LogP contribution in [0.3, 0.4) is 0 Å². The van der Waals surface area contributed by atoms with Gasteiger partial charge >= 0.3 is 17.7 Å². The third-order valence-electron chi connectivity index (χ3n) is 15.5. The van der Waals surface area contributed by atoms with E-state index in [1.165, 1.54) is 59.4 Å². The largest absolute Gasteiger partial charge is 0.507 e. The number of ether oxygens (including phenoxy) is 4. The topological polar surface area (TPSA) is 276 Å². The number of nitrogens with zero attached hydrogens (tertiary/aromatic N) is 2. The van der Waals surface area contributed by atoms with Gasteiger partial charge in [-0.2, -0.15) is 0 Å². The van der Waals surface area contributed by atoms with Crippen molar-refractivity contribution in [3.05, 3.63) is 92.8 Å². The Hall–Kier alpha value is -7.00. The first kappa shape index (κ1) is 54.3. The third kappa shape index (κ3) is 10.0. The highest BCUT2D eigenvalue weighted by atomic mass is 19.1. The van der Waals surface area contributed by atoms with E-state index in [9.17, 15) is 54.6 Å². The van der Waals surface area contributed by atoms with Gasteiger partial charge in [0.2, 0.25) is 5.43 Å². The van der Waals surface area contributed by atoms with E-state index < -0.39 is 118 Å². The number of rotatable bonds is 8. The van der Waals surface area contributed by atoms with Gasteiger partial charge in [-0.25, -0.2) is 9.18 Å². The van der Waals surface area contributed by atoms with Crippen LogP contribution in [0.2, 0.25) is 0 Å². The number of hydrogen-bond donors (Lipinski definition) is 8. The molecular weight excluding hydrogens is 976 g/mol. The van der Waals surface area contributed by atoms with Gasteiger partial charge in [0.15, 0.2) is 5.75 Å². The number of aliphatic hydroxyl groups is 2. The molecule has 19 nitrogen and oxygen atoms in total. The summed E-state index contributed by atoms with van der Waals surface area (Å²) in [6.45, 7) is 12.6. The second-order valence-corrected chi connectivity index (χ2v) is 20.6. The number of phenols is 3. The zero-order valence-electron chi connectivity index (χ0n) is 43.3. The van der Waals surface area contributed by atoms with Crippen molar-refractivity contribution < 1.29 is 73.2 Å². The number of benzene rings is 3. The maximum Gasteiger partial charge on any atom is 0.341 e. The lowest BCUT2D eigenvalue weighted by atomic mass is 9.78. The maximum atomic E-state index is 16.0. The molecule has 402 valence electrons. The molecule has 1 aromatic heterocycles. The number of anilines is 2. The fourth-order valence-electron chi connectivity index (χ4n) is 10.8. The molecule has 0 radical (unpaired) electrons. The molecule has 0 unspecified atom stereocenters. The average molecular weight is 1040 g/mol. The number of esters is 1. The number of carbonyl (C=O) groups is 4. The Balaban J connectivity index is 1.18. The van der Waals surface area contributed by atoms with Crippen molar-refractivity contribution in [3.8, 4) is 23.0 Å². The third-order valence-corrected chi connectivity index (χ3v) is 15.5. The Bertz CT molecular complexity index is 3150. The average Bonchev–Trinajstić information content (AvgIpc) is 4.05. The van der Waals surface area contributed by atoms with Crippen LogP contribution in [0.5, 0.6) is 23.0 Å². The van der Waals surface area contributed by atoms with Crippen LogP contribution in [0.15, 0.2) is 59.3 Å². The molecule has 2 fully saturated rings. The second kappa shape index (κ2) is 21.0. The number of aromatic nitrogens is 1. The number of Topliss-reactive ketones (excluding diaryl/α,β-unsaturated/α-hetero) is 1. The van der Waals surface area contributed by atoms with Gasteiger partial charge in [0.05, 0.1) is 52.4 Å². The normalized spacial score (nSPS) is 29.2. The first-order chi connectivity index (χ1) is 35.4.